The van der Waals surface area contributed by atoms with Gasteiger partial charge in [0.15, 0.2) is 5.96 Å². The Labute approximate surface area is 190 Å². The molecule has 0 bridgehead atoms. The molecule has 0 aromatic carbocycles. The lowest BCUT2D eigenvalue weighted by molar-refractivity contribution is -0.127. The molecule has 2 aromatic heterocycles. The summed E-state index contributed by atoms with van der Waals surface area (Å²) in [5.41, 5.74) is 1.16. The van der Waals surface area contributed by atoms with Crippen molar-refractivity contribution in [1.29, 1.82) is 0 Å². The number of rotatable bonds is 7. The van der Waals surface area contributed by atoms with E-state index in [0.717, 1.165) is 29.1 Å². The van der Waals surface area contributed by atoms with E-state index in [0.29, 0.717) is 6.54 Å². The Kier molecular flexibility index (Phi) is 10.4. The van der Waals surface area contributed by atoms with Crippen LogP contribution >= 0.6 is 51.2 Å². The number of nitrogens with zero attached hydrogens (tertiary/aromatic N) is 4. The molecule has 0 fully saturated rings. The van der Waals surface area contributed by atoms with Gasteiger partial charge < -0.3 is 19.7 Å². The van der Waals surface area contributed by atoms with Crippen molar-refractivity contribution < 1.29 is 4.79 Å². The number of aromatic nitrogens is 1. The Balaban J connectivity index is 0.00000364. The highest BCUT2D eigenvalue weighted by atomic mass is 127. The second-order valence-electron chi connectivity index (χ2n) is 6.30. The number of thiophene rings is 1. The molecule has 0 saturated carbocycles. The Morgan fingerprint density at radius 2 is 2.11 bits per heavy atom. The molecule has 0 aliphatic heterocycles. The molecule has 2 heterocycles. The minimum atomic E-state index is -0.0161. The van der Waals surface area contributed by atoms with Crippen molar-refractivity contribution in [1.82, 2.24) is 19.7 Å². The van der Waals surface area contributed by atoms with Crippen LogP contribution < -0.4 is 5.32 Å². The Morgan fingerprint density at radius 3 is 2.67 bits per heavy atom. The molecule has 0 saturated heterocycles. The molecule has 0 aliphatic carbocycles. The van der Waals surface area contributed by atoms with Crippen molar-refractivity contribution >= 4 is 63.1 Å². The van der Waals surface area contributed by atoms with Crippen LogP contribution in [0.4, 0.5) is 0 Å². The third kappa shape index (κ3) is 7.82. The lowest BCUT2D eigenvalue weighted by Crippen LogP contribution is -2.40. The minimum absolute atomic E-state index is 0. The number of guanidine groups is 1. The summed E-state index contributed by atoms with van der Waals surface area (Å²) in [6.07, 6.45) is 2.96. The molecular formula is C18H27BrIN5OS. The van der Waals surface area contributed by atoms with Gasteiger partial charge >= 0.3 is 0 Å². The molecular weight excluding hydrogens is 541 g/mol. The van der Waals surface area contributed by atoms with Crippen molar-refractivity contribution in [3.63, 3.8) is 0 Å². The molecule has 2 rings (SSSR count). The number of aliphatic imine (C=N–C) groups is 1. The summed E-state index contributed by atoms with van der Waals surface area (Å²) in [6.45, 7) is 1.61. The predicted molar refractivity (Wildman–Crippen MR) is 127 cm³/mol. The zero-order chi connectivity index (χ0) is 19.1. The summed E-state index contributed by atoms with van der Waals surface area (Å²) >= 11 is 5.26. The van der Waals surface area contributed by atoms with Crippen LogP contribution in [0.25, 0.3) is 0 Å². The standard InChI is InChI=1S/C18H26BrN5OS.HI/c1-22(2)17(25)11-21-18(20-8-7-16-6-5-9-26-16)24(4)13-15-10-14(19)12-23(15)3;/h5-6,9-10,12H,7-8,11,13H2,1-4H3,(H,20,21);1H. The normalized spacial score (nSPS) is 11.1. The molecule has 0 spiro atoms. The quantitative estimate of drug-likeness (QED) is 0.318. The van der Waals surface area contributed by atoms with E-state index in [2.05, 4.69) is 54.4 Å². The van der Waals surface area contributed by atoms with Gasteiger partial charge in [0.05, 0.1) is 6.54 Å². The average Bonchev–Trinajstić information content (AvgIpc) is 3.20. The highest BCUT2D eigenvalue weighted by Gasteiger charge is 2.12. The van der Waals surface area contributed by atoms with E-state index in [1.807, 2.05) is 25.2 Å². The van der Waals surface area contributed by atoms with Crippen molar-refractivity contribution in [3.8, 4) is 0 Å². The number of nitrogens with one attached hydrogen (secondary N) is 1. The smallest absolute Gasteiger partial charge is 0.243 e. The zero-order valence-corrected chi connectivity index (χ0v) is 20.8. The van der Waals surface area contributed by atoms with Crippen LogP contribution in [0.1, 0.15) is 10.6 Å². The van der Waals surface area contributed by atoms with Gasteiger partial charge in [-0.15, -0.1) is 35.3 Å². The second-order valence-corrected chi connectivity index (χ2v) is 8.25. The molecule has 0 aliphatic rings. The van der Waals surface area contributed by atoms with Crippen LogP contribution in [0.5, 0.6) is 0 Å². The molecule has 6 nitrogen and oxygen atoms in total. The molecule has 9 heteroatoms. The van der Waals surface area contributed by atoms with Gasteiger partial charge in [0.1, 0.15) is 6.54 Å². The van der Waals surface area contributed by atoms with E-state index in [4.69, 9.17) is 0 Å². The first-order valence-electron chi connectivity index (χ1n) is 8.39. The third-order valence-electron chi connectivity index (χ3n) is 3.93. The summed E-state index contributed by atoms with van der Waals surface area (Å²) in [6, 6.07) is 6.28. The van der Waals surface area contributed by atoms with Gasteiger partial charge in [-0.05, 0) is 39.9 Å². The maximum atomic E-state index is 11.9. The van der Waals surface area contributed by atoms with E-state index in [1.54, 1.807) is 30.3 Å². The second kappa shape index (κ2) is 11.7. The van der Waals surface area contributed by atoms with Gasteiger partial charge in [-0.25, -0.2) is 4.99 Å². The van der Waals surface area contributed by atoms with Gasteiger partial charge in [0, 0.05) is 56.0 Å². The van der Waals surface area contributed by atoms with Gasteiger partial charge in [-0.1, -0.05) is 6.07 Å². The topological polar surface area (TPSA) is 52.9 Å². The number of aryl methyl sites for hydroxylation is 1. The van der Waals surface area contributed by atoms with Crippen molar-refractivity contribution in [2.45, 2.75) is 13.0 Å². The summed E-state index contributed by atoms with van der Waals surface area (Å²) in [7, 11) is 7.49. The Bertz CT molecular complexity index is 745. The summed E-state index contributed by atoms with van der Waals surface area (Å²) in [4.78, 5) is 21.4. The number of halogens is 2. The Hall–Kier alpha value is -1.07. The Morgan fingerprint density at radius 1 is 1.37 bits per heavy atom. The lowest BCUT2D eigenvalue weighted by Gasteiger charge is -2.23. The van der Waals surface area contributed by atoms with Crippen molar-refractivity contribution in [3.05, 3.63) is 44.8 Å². The SMILES string of the molecule is CN(C)C(=O)CN=C(NCCc1cccs1)N(C)Cc1cc(Br)cn1C.I. The van der Waals surface area contributed by atoms with Crippen LogP contribution in [0.3, 0.4) is 0 Å². The van der Waals surface area contributed by atoms with Crippen LogP contribution in [0.2, 0.25) is 0 Å². The summed E-state index contributed by atoms with van der Waals surface area (Å²) in [5.74, 6) is 0.714. The number of amides is 1. The van der Waals surface area contributed by atoms with Crippen molar-refractivity contribution in [2.24, 2.45) is 12.0 Å². The van der Waals surface area contributed by atoms with E-state index in [9.17, 15) is 4.79 Å². The first-order chi connectivity index (χ1) is 12.4. The molecule has 0 unspecified atom stereocenters. The number of hydrogen-bond donors (Lipinski definition) is 1. The third-order valence-corrected chi connectivity index (χ3v) is 5.30. The fraction of sp³-hybridized carbons (Fsp3) is 0.444. The van der Waals surface area contributed by atoms with Crippen LogP contribution in [-0.4, -0.2) is 60.5 Å². The van der Waals surface area contributed by atoms with Crippen LogP contribution in [0, 0.1) is 0 Å². The highest BCUT2D eigenvalue weighted by molar-refractivity contribution is 14.0. The van der Waals surface area contributed by atoms with Gasteiger partial charge in [0.25, 0.3) is 0 Å². The number of carbonyl (C=O) groups excluding carboxylic acids is 1. The van der Waals surface area contributed by atoms with Gasteiger partial charge in [-0.2, -0.15) is 0 Å². The molecule has 27 heavy (non-hydrogen) atoms. The number of carbonyl (C=O) groups is 1. The largest absolute Gasteiger partial charge is 0.356 e. The highest BCUT2D eigenvalue weighted by Crippen LogP contribution is 2.15. The monoisotopic (exact) mass is 567 g/mol. The van der Waals surface area contributed by atoms with E-state index < -0.39 is 0 Å². The fourth-order valence-corrected chi connectivity index (χ4v) is 3.67. The maximum absolute atomic E-state index is 11.9. The van der Waals surface area contributed by atoms with Crippen molar-refractivity contribution in [2.75, 3.05) is 34.2 Å². The van der Waals surface area contributed by atoms with Crippen LogP contribution in [-0.2, 0) is 24.8 Å². The maximum Gasteiger partial charge on any atom is 0.243 e. The van der Waals surface area contributed by atoms with E-state index >= 15 is 0 Å². The molecule has 2 aromatic rings. The molecule has 1 N–H and O–H groups in total. The first kappa shape index (κ1) is 24.0. The van der Waals surface area contributed by atoms with Gasteiger partial charge in [0.2, 0.25) is 5.91 Å². The fourth-order valence-electron chi connectivity index (χ4n) is 2.39. The number of likely N-dealkylation sites (N-methyl/N-ethyl adjacent to an activating group) is 1. The summed E-state index contributed by atoms with van der Waals surface area (Å²) < 4.78 is 3.13. The van der Waals surface area contributed by atoms with E-state index in [-0.39, 0.29) is 36.4 Å². The lowest BCUT2D eigenvalue weighted by atomic mass is 10.3. The molecule has 0 radical (unpaired) electrons. The minimum Gasteiger partial charge on any atom is -0.356 e. The molecule has 1 amide bonds. The summed E-state index contributed by atoms with van der Waals surface area (Å²) in [5, 5.41) is 5.47. The first-order valence-corrected chi connectivity index (χ1v) is 10.1. The average molecular weight is 568 g/mol. The van der Waals surface area contributed by atoms with Crippen LogP contribution in [0.15, 0.2) is 39.2 Å². The predicted octanol–water partition coefficient (Wildman–Crippen LogP) is 3.18. The van der Waals surface area contributed by atoms with Gasteiger partial charge in [-0.3, -0.25) is 4.79 Å². The molecule has 0 atom stereocenters. The number of hydrogen-bond acceptors (Lipinski definition) is 3. The van der Waals surface area contributed by atoms with E-state index in [1.165, 1.54) is 4.88 Å². The zero-order valence-electron chi connectivity index (χ0n) is 16.1. The molecule has 150 valence electrons.